The predicted molar refractivity (Wildman–Crippen MR) is 34.4 cm³/mol. The minimum atomic E-state index is -2.00. The van der Waals surface area contributed by atoms with Gasteiger partial charge in [-0.3, -0.25) is 0 Å². The van der Waals surface area contributed by atoms with Gasteiger partial charge in [-0.1, -0.05) is 0 Å². The quantitative estimate of drug-likeness (QED) is 0.428. The van der Waals surface area contributed by atoms with Crippen LogP contribution in [0.5, 0.6) is 0 Å². The molecule has 64 valence electrons. The Morgan fingerprint density at radius 3 is 1.17 bits per heavy atom. The molecule has 1 rings (SSSR count). The van der Waals surface area contributed by atoms with Crippen LogP contribution in [0, 0.1) is 0 Å². The van der Waals surface area contributed by atoms with Gasteiger partial charge in [0, 0.05) is 0 Å². The average molecular weight is 206 g/mol. The summed E-state index contributed by atoms with van der Waals surface area (Å²) in [5.74, 6) is 0.125. The molecule has 0 aliphatic carbocycles. The van der Waals surface area contributed by atoms with Gasteiger partial charge in [0.2, 0.25) is 17.8 Å². The van der Waals surface area contributed by atoms with Crippen LogP contribution >= 0.6 is 0 Å². The molecule has 0 aliphatic heterocycles. The normalized spacial score (nSPS) is 7.67. The molecule has 6 N–H and O–H groups in total. The number of nitrogen functional groups attached to an aromatic ring is 3. The third-order valence-corrected chi connectivity index (χ3v) is 0.687. The fraction of sp³-hybridized carbons (Fsp3) is 0. The van der Waals surface area contributed by atoms with E-state index in [1.165, 1.54) is 0 Å². The molecule has 1 aromatic rings. The molecule has 0 aliphatic rings. The van der Waals surface area contributed by atoms with Crippen LogP contribution in [0.4, 0.5) is 17.8 Å². The second kappa shape index (κ2) is 5.38. The van der Waals surface area contributed by atoms with Crippen molar-refractivity contribution in [2.75, 3.05) is 17.2 Å². The molecule has 0 spiro atoms. The standard InChI is InChI=1S/C3H6N6.2O.Ti/c4-1-7-2(5)9-3(6)8-1;;;/h(H6,4,5,6,7,8,9);;;. The number of aromatic nitrogens is 3. The van der Waals surface area contributed by atoms with Crippen molar-refractivity contribution in [2.45, 2.75) is 0 Å². The molecule has 0 bridgehead atoms. The second-order valence-corrected chi connectivity index (χ2v) is 1.75. The van der Waals surface area contributed by atoms with Crippen LogP contribution in [0.2, 0.25) is 0 Å². The Balaban J connectivity index is 0.000000354. The van der Waals surface area contributed by atoms with Gasteiger partial charge >= 0.3 is 25.7 Å². The van der Waals surface area contributed by atoms with Crippen LogP contribution in [0.3, 0.4) is 0 Å². The Morgan fingerprint density at radius 2 is 1.00 bits per heavy atom. The van der Waals surface area contributed by atoms with E-state index in [1.807, 2.05) is 0 Å². The van der Waals surface area contributed by atoms with Crippen molar-refractivity contribution in [2.24, 2.45) is 0 Å². The van der Waals surface area contributed by atoms with Gasteiger partial charge in [0.05, 0.1) is 0 Å². The molecule has 9 heteroatoms. The van der Waals surface area contributed by atoms with Crippen molar-refractivity contribution in [1.82, 2.24) is 15.0 Å². The number of hydrogen-bond acceptors (Lipinski definition) is 8. The van der Waals surface area contributed by atoms with Gasteiger partial charge in [-0.2, -0.15) is 15.0 Å². The van der Waals surface area contributed by atoms with Crippen molar-refractivity contribution < 1.29 is 25.7 Å². The van der Waals surface area contributed by atoms with Gasteiger partial charge in [-0.25, -0.2) is 0 Å². The minimum absolute atomic E-state index is 0.0417. The molecular formula is C3H6N6O2Ti. The summed E-state index contributed by atoms with van der Waals surface area (Å²) in [5, 5.41) is 0. The molecular weight excluding hydrogens is 200 g/mol. The van der Waals surface area contributed by atoms with Crippen LogP contribution < -0.4 is 17.2 Å². The third-order valence-electron chi connectivity index (χ3n) is 0.687. The molecule has 0 atom stereocenters. The van der Waals surface area contributed by atoms with Crippen LogP contribution in [0.15, 0.2) is 0 Å². The third kappa shape index (κ3) is 4.53. The van der Waals surface area contributed by atoms with Crippen LogP contribution in [-0.2, 0) is 25.7 Å². The number of nitrogens with two attached hydrogens (primary N) is 3. The average Bonchev–Trinajstić information content (AvgIpc) is 1.84. The van der Waals surface area contributed by atoms with E-state index >= 15 is 0 Å². The van der Waals surface area contributed by atoms with E-state index in [0.29, 0.717) is 0 Å². The van der Waals surface area contributed by atoms with Crippen molar-refractivity contribution >= 4 is 17.8 Å². The molecule has 0 amide bonds. The first-order chi connectivity index (χ1) is 5.60. The van der Waals surface area contributed by atoms with Crippen molar-refractivity contribution in [3.63, 3.8) is 0 Å². The van der Waals surface area contributed by atoms with E-state index < -0.39 is 19.1 Å². The molecule has 0 fully saturated rings. The summed E-state index contributed by atoms with van der Waals surface area (Å²) in [6.45, 7) is 0. The van der Waals surface area contributed by atoms with Crippen LogP contribution in [-0.4, -0.2) is 15.0 Å². The molecule has 1 heterocycles. The fourth-order valence-corrected chi connectivity index (χ4v) is 0.427. The van der Waals surface area contributed by atoms with Gasteiger partial charge in [-0.15, -0.1) is 0 Å². The molecule has 0 radical (unpaired) electrons. The van der Waals surface area contributed by atoms with Crippen LogP contribution in [0.1, 0.15) is 0 Å². The van der Waals surface area contributed by atoms with Crippen molar-refractivity contribution in [3.05, 3.63) is 0 Å². The first-order valence-corrected chi connectivity index (χ1v) is 3.89. The maximum atomic E-state index is 8.50. The summed E-state index contributed by atoms with van der Waals surface area (Å²) < 4.78 is 17.0. The maximum absolute atomic E-state index is 8.50. The monoisotopic (exact) mass is 206 g/mol. The Kier molecular flexibility index (Phi) is 4.81. The second-order valence-electron chi connectivity index (χ2n) is 1.49. The molecule has 0 unspecified atom stereocenters. The summed E-state index contributed by atoms with van der Waals surface area (Å²) in [6, 6.07) is 0. The van der Waals surface area contributed by atoms with E-state index in [1.54, 1.807) is 0 Å². The van der Waals surface area contributed by atoms with E-state index in [4.69, 9.17) is 23.9 Å². The van der Waals surface area contributed by atoms with Gasteiger partial charge in [0.1, 0.15) is 0 Å². The predicted octanol–water partition coefficient (Wildman–Crippen LogP) is -1.62. The molecule has 8 nitrogen and oxygen atoms in total. The van der Waals surface area contributed by atoms with Gasteiger partial charge < -0.3 is 17.2 Å². The van der Waals surface area contributed by atoms with E-state index in [-0.39, 0.29) is 17.8 Å². The van der Waals surface area contributed by atoms with Gasteiger partial charge in [-0.05, 0) is 0 Å². The Labute approximate surface area is 76.1 Å². The number of anilines is 3. The summed E-state index contributed by atoms with van der Waals surface area (Å²) in [7, 11) is 0. The van der Waals surface area contributed by atoms with Crippen LogP contribution in [0.25, 0.3) is 0 Å². The first-order valence-electron chi connectivity index (χ1n) is 2.62. The zero-order chi connectivity index (χ0) is 9.56. The zero-order valence-electron chi connectivity index (χ0n) is 5.89. The molecule has 0 saturated carbocycles. The van der Waals surface area contributed by atoms with Gasteiger partial charge in [0.25, 0.3) is 0 Å². The molecule has 0 aromatic carbocycles. The SMILES string of the molecule is Nc1nc(N)nc(N)n1.[O]=[Ti]=[O]. The van der Waals surface area contributed by atoms with E-state index in [0.717, 1.165) is 0 Å². The number of nitrogens with zero attached hydrogens (tertiary/aromatic N) is 3. The van der Waals surface area contributed by atoms with Gasteiger partial charge in [0.15, 0.2) is 0 Å². The van der Waals surface area contributed by atoms with E-state index in [2.05, 4.69) is 15.0 Å². The fourth-order valence-electron chi connectivity index (χ4n) is 0.427. The molecule has 1 aromatic heterocycles. The number of rotatable bonds is 0. The topological polar surface area (TPSA) is 151 Å². The molecule has 0 saturated heterocycles. The van der Waals surface area contributed by atoms with E-state index in [9.17, 15) is 0 Å². The first kappa shape index (κ1) is 10.7. The summed E-state index contributed by atoms with van der Waals surface area (Å²) in [5.41, 5.74) is 15.4. The Morgan fingerprint density at radius 1 is 0.833 bits per heavy atom. The molecule has 12 heavy (non-hydrogen) atoms. The summed E-state index contributed by atoms with van der Waals surface area (Å²) in [6.07, 6.45) is 0. The van der Waals surface area contributed by atoms with Crippen molar-refractivity contribution in [3.8, 4) is 0 Å². The zero-order valence-corrected chi connectivity index (χ0v) is 7.45. The number of hydrogen-bond donors (Lipinski definition) is 3. The Bertz CT molecular complexity index is 246. The van der Waals surface area contributed by atoms with Crippen molar-refractivity contribution in [1.29, 1.82) is 0 Å². The summed E-state index contributed by atoms with van der Waals surface area (Å²) >= 11 is -2.00. The summed E-state index contributed by atoms with van der Waals surface area (Å²) in [4.78, 5) is 10.5. The Hall–Kier alpha value is -1.28.